The standard InChI is InChI=1S/C48H30ClNS/c49-35-27-23-33(24-28-35)43-39-19-7-8-20-40(39)46-45(32-15-5-2-6-16-32)47(51-48(46)44(43)31-13-3-1-4-14-31)34-25-29-36(30-26-34)50-41-21-11-9-17-37(41)38-18-10-12-22-42(38)50/h1-30H. The Balaban J connectivity index is 1.28. The summed E-state index contributed by atoms with van der Waals surface area (Å²) in [4.78, 5) is 1.26. The van der Waals surface area contributed by atoms with Gasteiger partial charge in [0.1, 0.15) is 0 Å². The van der Waals surface area contributed by atoms with Crippen LogP contribution in [0.2, 0.25) is 5.02 Å². The van der Waals surface area contributed by atoms with Crippen molar-refractivity contribution in [2.75, 3.05) is 0 Å². The van der Waals surface area contributed by atoms with E-state index in [1.807, 2.05) is 23.5 Å². The number of para-hydroxylation sites is 2. The molecule has 240 valence electrons. The molecule has 0 radical (unpaired) electrons. The van der Waals surface area contributed by atoms with Gasteiger partial charge in [0, 0.05) is 47.6 Å². The Morgan fingerprint density at radius 1 is 0.373 bits per heavy atom. The summed E-state index contributed by atoms with van der Waals surface area (Å²) in [6.45, 7) is 0. The van der Waals surface area contributed by atoms with Gasteiger partial charge >= 0.3 is 0 Å². The summed E-state index contributed by atoms with van der Waals surface area (Å²) in [5, 5.41) is 7.05. The smallest absolute Gasteiger partial charge is 0.0541 e. The maximum absolute atomic E-state index is 6.43. The first-order valence-corrected chi connectivity index (χ1v) is 18.4. The van der Waals surface area contributed by atoms with Gasteiger partial charge < -0.3 is 4.57 Å². The van der Waals surface area contributed by atoms with Crippen LogP contribution in [0, 0.1) is 0 Å². The molecule has 0 aliphatic rings. The van der Waals surface area contributed by atoms with Crippen LogP contribution in [0.25, 0.3) is 92.2 Å². The summed E-state index contributed by atoms with van der Waals surface area (Å²) in [5.41, 5.74) is 12.1. The molecule has 8 aromatic carbocycles. The maximum Gasteiger partial charge on any atom is 0.0541 e. The Morgan fingerprint density at radius 3 is 1.45 bits per heavy atom. The van der Waals surface area contributed by atoms with Gasteiger partial charge in [-0.3, -0.25) is 0 Å². The van der Waals surface area contributed by atoms with Gasteiger partial charge in [-0.15, -0.1) is 11.3 Å². The number of fused-ring (bicyclic) bond motifs is 6. The lowest BCUT2D eigenvalue weighted by molar-refractivity contribution is 1.18. The molecule has 0 saturated carbocycles. The van der Waals surface area contributed by atoms with Gasteiger partial charge in [0.05, 0.1) is 11.0 Å². The van der Waals surface area contributed by atoms with Crippen LogP contribution in [-0.2, 0) is 0 Å². The van der Waals surface area contributed by atoms with Crippen LogP contribution in [-0.4, -0.2) is 4.57 Å². The van der Waals surface area contributed by atoms with E-state index in [4.69, 9.17) is 11.6 Å². The molecule has 3 heteroatoms. The van der Waals surface area contributed by atoms with Crippen molar-refractivity contribution >= 4 is 65.6 Å². The summed E-state index contributed by atoms with van der Waals surface area (Å²) in [5.74, 6) is 0. The number of nitrogens with zero attached hydrogens (tertiary/aromatic N) is 1. The van der Waals surface area contributed by atoms with Crippen molar-refractivity contribution in [2.24, 2.45) is 0 Å². The number of rotatable bonds is 5. The topological polar surface area (TPSA) is 4.93 Å². The number of thiophene rings is 1. The molecule has 0 atom stereocenters. The monoisotopic (exact) mass is 687 g/mol. The molecule has 0 spiro atoms. The lowest BCUT2D eigenvalue weighted by Gasteiger charge is -2.17. The van der Waals surface area contributed by atoms with Gasteiger partial charge in [0.2, 0.25) is 0 Å². The van der Waals surface area contributed by atoms with Crippen molar-refractivity contribution in [3.8, 4) is 49.5 Å². The molecule has 2 heterocycles. The second kappa shape index (κ2) is 12.1. The molecule has 0 unspecified atom stereocenters. The molecule has 10 rings (SSSR count). The van der Waals surface area contributed by atoms with E-state index in [0.717, 1.165) is 16.3 Å². The zero-order valence-electron chi connectivity index (χ0n) is 27.6. The van der Waals surface area contributed by atoms with Crippen LogP contribution in [0.15, 0.2) is 182 Å². The van der Waals surface area contributed by atoms with Crippen molar-refractivity contribution in [3.63, 3.8) is 0 Å². The number of halogens is 1. The van der Waals surface area contributed by atoms with Gasteiger partial charge in [-0.2, -0.15) is 0 Å². The van der Waals surface area contributed by atoms with E-state index < -0.39 is 0 Å². The van der Waals surface area contributed by atoms with Crippen LogP contribution >= 0.6 is 22.9 Å². The van der Waals surface area contributed by atoms with E-state index in [-0.39, 0.29) is 0 Å². The SMILES string of the molecule is Clc1ccc(-c2c(-c3ccccc3)c3sc(-c4ccc(-n5c6ccccc6c6ccccc65)cc4)c(-c4ccccc4)c3c3ccccc23)cc1. The van der Waals surface area contributed by atoms with E-state index >= 15 is 0 Å². The minimum Gasteiger partial charge on any atom is -0.309 e. The molecule has 1 nitrogen and oxygen atoms in total. The quantitative estimate of drug-likeness (QED) is 0.170. The average molecular weight is 688 g/mol. The van der Waals surface area contributed by atoms with Gasteiger partial charge in [-0.25, -0.2) is 0 Å². The van der Waals surface area contributed by atoms with Crippen molar-refractivity contribution < 1.29 is 0 Å². The van der Waals surface area contributed by atoms with Crippen LogP contribution in [0.3, 0.4) is 0 Å². The first-order valence-electron chi connectivity index (χ1n) is 17.2. The highest BCUT2D eigenvalue weighted by atomic mass is 35.5. The highest BCUT2D eigenvalue weighted by Crippen LogP contribution is 2.54. The molecule has 10 aromatic rings. The predicted octanol–water partition coefficient (Wildman–Crippen LogP) is 14.5. The Bertz CT molecular complexity index is 2830. The maximum atomic E-state index is 6.43. The van der Waals surface area contributed by atoms with Gasteiger partial charge in [0.15, 0.2) is 0 Å². The minimum absolute atomic E-state index is 0.736. The van der Waals surface area contributed by atoms with Crippen LogP contribution in [0.5, 0.6) is 0 Å². The summed E-state index contributed by atoms with van der Waals surface area (Å²) >= 11 is 8.33. The molecule has 0 amide bonds. The van der Waals surface area contributed by atoms with Crippen LogP contribution in [0.4, 0.5) is 0 Å². The van der Waals surface area contributed by atoms with Gasteiger partial charge in [0.25, 0.3) is 0 Å². The first-order chi connectivity index (χ1) is 25.2. The fourth-order valence-electron chi connectivity index (χ4n) is 7.87. The van der Waals surface area contributed by atoms with Crippen molar-refractivity contribution in [3.05, 3.63) is 187 Å². The number of hydrogen-bond donors (Lipinski definition) is 0. The molecule has 0 aliphatic heterocycles. The first kappa shape index (κ1) is 29.9. The Kier molecular flexibility index (Phi) is 7.13. The predicted molar refractivity (Wildman–Crippen MR) is 220 cm³/mol. The van der Waals surface area contributed by atoms with E-state index in [1.165, 1.54) is 80.9 Å². The summed E-state index contributed by atoms with van der Waals surface area (Å²) in [6, 6.07) is 65.5. The fraction of sp³-hybridized carbons (Fsp3) is 0. The summed E-state index contributed by atoms with van der Waals surface area (Å²) in [7, 11) is 0. The minimum atomic E-state index is 0.736. The zero-order chi connectivity index (χ0) is 33.9. The third-order valence-electron chi connectivity index (χ3n) is 10.1. The van der Waals surface area contributed by atoms with Crippen molar-refractivity contribution in [1.82, 2.24) is 4.57 Å². The summed E-state index contributed by atoms with van der Waals surface area (Å²) in [6.07, 6.45) is 0. The average Bonchev–Trinajstić information content (AvgIpc) is 3.76. The largest absolute Gasteiger partial charge is 0.309 e. The lowest BCUT2D eigenvalue weighted by atomic mass is 9.86. The molecule has 0 bridgehead atoms. The highest BCUT2D eigenvalue weighted by molar-refractivity contribution is 7.24. The molecule has 0 N–H and O–H groups in total. The molecule has 0 aliphatic carbocycles. The molecule has 0 saturated heterocycles. The molecule has 0 fully saturated rings. The molecular weight excluding hydrogens is 658 g/mol. The van der Waals surface area contributed by atoms with Gasteiger partial charge in [-0.1, -0.05) is 157 Å². The van der Waals surface area contributed by atoms with Crippen molar-refractivity contribution in [1.29, 1.82) is 0 Å². The molecule has 2 aromatic heterocycles. The van der Waals surface area contributed by atoms with E-state index in [2.05, 4.69) is 174 Å². The zero-order valence-corrected chi connectivity index (χ0v) is 29.1. The third-order valence-corrected chi connectivity index (χ3v) is 11.6. The summed E-state index contributed by atoms with van der Waals surface area (Å²) < 4.78 is 3.67. The number of aromatic nitrogens is 1. The Labute approximate surface area is 305 Å². The van der Waals surface area contributed by atoms with E-state index in [1.54, 1.807) is 0 Å². The second-order valence-corrected chi connectivity index (χ2v) is 14.4. The fourth-order valence-corrected chi connectivity index (χ4v) is 9.42. The Morgan fingerprint density at radius 2 is 0.843 bits per heavy atom. The van der Waals surface area contributed by atoms with Crippen LogP contribution in [0.1, 0.15) is 0 Å². The van der Waals surface area contributed by atoms with E-state index in [9.17, 15) is 0 Å². The normalized spacial score (nSPS) is 11.6. The van der Waals surface area contributed by atoms with Crippen LogP contribution < -0.4 is 0 Å². The number of benzene rings is 8. The Hall–Kier alpha value is -5.93. The molecule has 51 heavy (non-hydrogen) atoms. The highest BCUT2D eigenvalue weighted by Gasteiger charge is 2.25. The lowest BCUT2D eigenvalue weighted by Crippen LogP contribution is -1.93. The third kappa shape index (κ3) is 4.83. The van der Waals surface area contributed by atoms with E-state index in [0.29, 0.717) is 0 Å². The number of hydrogen-bond acceptors (Lipinski definition) is 1. The second-order valence-electron chi connectivity index (χ2n) is 13.0. The van der Waals surface area contributed by atoms with Crippen molar-refractivity contribution in [2.45, 2.75) is 0 Å². The van der Waals surface area contributed by atoms with Gasteiger partial charge in [-0.05, 0) is 75.0 Å². The molecular formula is C48H30ClNS.